The highest BCUT2D eigenvalue weighted by molar-refractivity contribution is 7.16. The third-order valence-corrected chi connectivity index (χ3v) is 2.96. The number of hydrogen-bond acceptors (Lipinski definition) is 3. The first-order chi connectivity index (χ1) is 7.19. The van der Waals surface area contributed by atoms with Crippen LogP contribution in [0.25, 0.3) is 10.4 Å². The van der Waals surface area contributed by atoms with Crippen LogP contribution in [0.3, 0.4) is 0 Å². The number of benzene rings is 1. The number of anilines is 1. The van der Waals surface area contributed by atoms with E-state index in [9.17, 15) is 4.39 Å². The van der Waals surface area contributed by atoms with Gasteiger partial charge >= 0.3 is 0 Å². The quantitative estimate of drug-likeness (QED) is 0.748. The van der Waals surface area contributed by atoms with Gasteiger partial charge < -0.3 is 5.73 Å². The van der Waals surface area contributed by atoms with Crippen molar-refractivity contribution in [3.8, 4) is 16.5 Å². The SMILES string of the molecule is N#Cc1ccc(-c2cc(N)cc(F)c2)s1. The van der Waals surface area contributed by atoms with Crippen molar-refractivity contribution in [1.29, 1.82) is 5.26 Å². The molecular weight excluding hydrogens is 211 g/mol. The van der Waals surface area contributed by atoms with Gasteiger partial charge in [0.1, 0.15) is 16.8 Å². The smallest absolute Gasteiger partial charge is 0.125 e. The molecular formula is C11H7FN2S. The molecule has 2 aromatic rings. The first kappa shape index (κ1) is 9.69. The molecule has 0 saturated heterocycles. The Morgan fingerprint density at radius 1 is 1.27 bits per heavy atom. The highest BCUT2D eigenvalue weighted by Crippen LogP contribution is 2.29. The first-order valence-electron chi connectivity index (χ1n) is 4.25. The van der Waals surface area contributed by atoms with Crippen molar-refractivity contribution < 1.29 is 4.39 Å². The van der Waals surface area contributed by atoms with Crippen LogP contribution in [-0.4, -0.2) is 0 Å². The van der Waals surface area contributed by atoms with E-state index in [1.165, 1.54) is 23.5 Å². The van der Waals surface area contributed by atoms with Crippen LogP contribution >= 0.6 is 11.3 Å². The number of nitriles is 1. The molecule has 1 aromatic heterocycles. The molecule has 1 heterocycles. The summed E-state index contributed by atoms with van der Waals surface area (Å²) in [5.74, 6) is -0.364. The van der Waals surface area contributed by atoms with Crippen molar-refractivity contribution in [3.63, 3.8) is 0 Å². The van der Waals surface area contributed by atoms with Crippen LogP contribution in [0.5, 0.6) is 0 Å². The molecule has 0 atom stereocenters. The molecule has 0 spiro atoms. The minimum atomic E-state index is -0.364. The molecule has 0 radical (unpaired) electrons. The predicted molar refractivity (Wildman–Crippen MR) is 58.8 cm³/mol. The van der Waals surface area contributed by atoms with E-state index in [4.69, 9.17) is 11.0 Å². The lowest BCUT2D eigenvalue weighted by atomic mass is 10.1. The zero-order valence-corrected chi connectivity index (χ0v) is 8.51. The summed E-state index contributed by atoms with van der Waals surface area (Å²) in [6.45, 7) is 0. The van der Waals surface area contributed by atoms with E-state index in [1.54, 1.807) is 18.2 Å². The van der Waals surface area contributed by atoms with E-state index in [1.807, 2.05) is 6.07 Å². The molecule has 0 fully saturated rings. The lowest BCUT2D eigenvalue weighted by molar-refractivity contribution is 0.629. The van der Waals surface area contributed by atoms with Gasteiger partial charge in [-0.15, -0.1) is 11.3 Å². The Kier molecular flexibility index (Phi) is 2.40. The maximum absolute atomic E-state index is 13.1. The van der Waals surface area contributed by atoms with Gasteiger partial charge in [0.15, 0.2) is 0 Å². The minimum Gasteiger partial charge on any atom is -0.399 e. The van der Waals surface area contributed by atoms with Crippen molar-refractivity contribution in [3.05, 3.63) is 41.0 Å². The standard InChI is InChI=1S/C11H7FN2S/c12-8-3-7(4-9(14)5-8)11-2-1-10(6-13)15-11/h1-5H,14H2. The Morgan fingerprint density at radius 3 is 2.67 bits per heavy atom. The number of nitrogens with zero attached hydrogens (tertiary/aromatic N) is 1. The second-order valence-corrected chi connectivity index (χ2v) is 4.13. The molecule has 0 bridgehead atoms. The monoisotopic (exact) mass is 218 g/mol. The van der Waals surface area contributed by atoms with Crippen molar-refractivity contribution in [1.82, 2.24) is 0 Å². The van der Waals surface area contributed by atoms with Crippen molar-refractivity contribution in [2.45, 2.75) is 0 Å². The number of hydrogen-bond donors (Lipinski definition) is 1. The fraction of sp³-hybridized carbons (Fsp3) is 0. The Hall–Kier alpha value is -1.86. The average molecular weight is 218 g/mol. The third-order valence-electron chi connectivity index (χ3n) is 1.92. The maximum atomic E-state index is 13.1. The average Bonchev–Trinajstić information content (AvgIpc) is 2.64. The van der Waals surface area contributed by atoms with E-state index in [2.05, 4.69) is 0 Å². The van der Waals surface area contributed by atoms with E-state index in [-0.39, 0.29) is 5.82 Å². The van der Waals surface area contributed by atoms with Gasteiger partial charge in [-0.05, 0) is 35.9 Å². The minimum absolute atomic E-state index is 0.364. The maximum Gasteiger partial charge on any atom is 0.125 e. The van der Waals surface area contributed by atoms with Crippen molar-refractivity contribution >= 4 is 17.0 Å². The number of nitrogens with two attached hydrogens (primary N) is 1. The zero-order chi connectivity index (χ0) is 10.8. The van der Waals surface area contributed by atoms with Crippen molar-refractivity contribution in [2.75, 3.05) is 5.73 Å². The summed E-state index contributed by atoms with van der Waals surface area (Å²) in [5.41, 5.74) is 6.63. The topological polar surface area (TPSA) is 49.8 Å². The molecule has 4 heteroatoms. The number of thiophene rings is 1. The molecule has 2 N–H and O–H groups in total. The number of rotatable bonds is 1. The van der Waals surface area contributed by atoms with Crippen LogP contribution in [0.1, 0.15) is 4.88 Å². The van der Waals surface area contributed by atoms with Gasteiger partial charge in [0.2, 0.25) is 0 Å². The lowest BCUT2D eigenvalue weighted by Gasteiger charge is -1.99. The summed E-state index contributed by atoms with van der Waals surface area (Å²) in [6, 6.07) is 9.90. The summed E-state index contributed by atoms with van der Waals surface area (Å²) in [4.78, 5) is 1.45. The molecule has 74 valence electrons. The second-order valence-electron chi connectivity index (χ2n) is 3.05. The van der Waals surface area contributed by atoms with E-state index in [0.29, 0.717) is 16.1 Å². The summed E-state index contributed by atoms with van der Waals surface area (Å²) in [6.07, 6.45) is 0. The van der Waals surface area contributed by atoms with E-state index >= 15 is 0 Å². The summed E-state index contributed by atoms with van der Waals surface area (Å²) < 4.78 is 13.1. The van der Waals surface area contributed by atoms with Gasteiger partial charge in [0.05, 0.1) is 0 Å². The van der Waals surface area contributed by atoms with Crippen LogP contribution in [0, 0.1) is 17.1 Å². The fourth-order valence-corrected chi connectivity index (χ4v) is 2.10. The largest absolute Gasteiger partial charge is 0.399 e. The van der Waals surface area contributed by atoms with Gasteiger partial charge in [-0.1, -0.05) is 0 Å². The summed E-state index contributed by atoms with van der Waals surface area (Å²) in [7, 11) is 0. The summed E-state index contributed by atoms with van der Waals surface area (Å²) in [5, 5.41) is 8.67. The Balaban J connectivity index is 2.50. The summed E-state index contributed by atoms with van der Waals surface area (Å²) >= 11 is 1.32. The molecule has 15 heavy (non-hydrogen) atoms. The van der Waals surface area contributed by atoms with Crippen molar-refractivity contribution in [2.24, 2.45) is 0 Å². The van der Waals surface area contributed by atoms with Crippen LogP contribution < -0.4 is 5.73 Å². The molecule has 1 aromatic carbocycles. The number of halogens is 1. The Labute approximate surface area is 90.4 Å². The lowest BCUT2D eigenvalue weighted by Crippen LogP contribution is -1.87. The molecule has 0 aliphatic rings. The van der Waals surface area contributed by atoms with Crippen LogP contribution in [0.2, 0.25) is 0 Å². The first-order valence-corrected chi connectivity index (χ1v) is 5.07. The highest BCUT2D eigenvalue weighted by atomic mass is 32.1. The van der Waals surface area contributed by atoms with E-state index < -0.39 is 0 Å². The predicted octanol–water partition coefficient (Wildman–Crippen LogP) is 3.01. The molecule has 2 nitrogen and oxygen atoms in total. The highest BCUT2D eigenvalue weighted by Gasteiger charge is 2.04. The van der Waals surface area contributed by atoms with Gasteiger partial charge in [-0.3, -0.25) is 0 Å². The Bertz CT molecular complexity index is 520. The van der Waals surface area contributed by atoms with Crippen LogP contribution in [0.15, 0.2) is 30.3 Å². The molecule has 0 unspecified atom stereocenters. The van der Waals surface area contributed by atoms with Crippen LogP contribution in [0.4, 0.5) is 10.1 Å². The normalized spacial score (nSPS) is 9.87. The molecule has 0 saturated carbocycles. The number of nitrogen functional groups attached to an aromatic ring is 1. The molecule has 0 aliphatic heterocycles. The molecule has 0 amide bonds. The van der Waals surface area contributed by atoms with E-state index in [0.717, 1.165) is 4.88 Å². The molecule has 2 rings (SSSR count). The van der Waals surface area contributed by atoms with Gasteiger partial charge in [0.25, 0.3) is 0 Å². The van der Waals surface area contributed by atoms with Gasteiger partial charge in [0, 0.05) is 10.6 Å². The van der Waals surface area contributed by atoms with Crippen LogP contribution in [-0.2, 0) is 0 Å². The van der Waals surface area contributed by atoms with Gasteiger partial charge in [-0.25, -0.2) is 4.39 Å². The van der Waals surface area contributed by atoms with Gasteiger partial charge in [-0.2, -0.15) is 5.26 Å². The Morgan fingerprint density at radius 2 is 2.07 bits per heavy atom. The second kappa shape index (κ2) is 3.71. The fourth-order valence-electron chi connectivity index (χ4n) is 1.31. The third kappa shape index (κ3) is 1.97. The zero-order valence-electron chi connectivity index (χ0n) is 7.70. The molecule has 0 aliphatic carbocycles.